The van der Waals surface area contributed by atoms with Crippen LogP contribution in [0.15, 0.2) is 18.5 Å². The fraction of sp³-hybridized carbons (Fsp3) is 0.737. The molecule has 2 aliphatic rings. The van der Waals surface area contributed by atoms with E-state index in [1.165, 1.54) is 32.5 Å². The van der Waals surface area contributed by atoms with Crippen LogP contribution in [-0.4, -0.2) is 78.2 Å². The van der Waals surface area contributed by atoms with Crippen molar-refractivity contribution in [2.24, 2.45) is 5.92 Å². The third-order valence-corrected chi connectivity index (χ3v) is 5.46. The Morgan fingerprint density at radius 2 is 1.77 bits per heavy atom. The van der Waals surface area contributed by atoms with Gasteiger partial charge in [-0.2, -0.15) is 0 Å². The van der Waals surface area contributed by atoms with Gasteiger partial charge in [0.1, 0.15) is 0 Å². The van der Waals surface area contributed by atoms with E-state index in [9.17, 15) is 4.79 Å². The summed E-state index contributed by atoms with van der Waals surface area (Å²) in [4.78, 5) is 27.4. The SMILES string of the molecule is CC1CCN(CCCCNC(=O)N2CCN(c3ncccn3)CC2)CC1. The van der Waals surface area contributed by atoms with Crippen molar-refractivity contribution in [3.8, 4) is 0 Å². The summed E-state index contributed by atoms with van der Waals surface area (Å²) in [7, 11) is 0. The van der Waals surface area contributed by atoms with Gasteiger partial charge in [-0.25, -0.2) is 14.8 Å². The molecule has 1 N–H and O–H groups in total. The van der Waals surface area contributed by atoms with Crippen molar-refractivity contribution in [2.45, 2.75) is 32.6 Å². The molecular formula is C19H32N6O. The summed E-state index contributed by atoms with van der Waals surface area (Å²) in [6.07, 6.45) is 8.38. The van der Waals surface area contributed by atoms with Gasteiger partial charge in [0.2, 0.25) is 5.95 Å². The van der Waals surface area contributed by atoms with Crippen molar-refractivity contribution in [3.05, 3.63) is 18.5 Å². The molecule has 2 fully saturated rings. The van der Waals surface area contributed by atoms with Crippen LogP contribution in [0.4, 0.5) is 10.7 Å². The zero-order valence-electron chi connectivity index (χ0n) is 15.9. The number of likely N-dealkylation sites (tertiary alicyclic amines) is 1. The molecule has 0 aliphatic carbocycles. The van der Waals surface area contributed by atoms with Gasteiger partial charge in [-0.3, -0.25) is 0 Å². The average molecular weight is 361 g/mol. The van der Waals surface area contributed by atoms with E-state index in [2.05, 4.69) is 32.0 Å². The van der Waals surface area contributed by atoms with Crippen molar-refractivity contribution in [1.82, 2.24) is 25.1 Å². The first-order chi connectivity index (χ1) is 12.7. The average Bonchev–Trinajstić information content (AvgIpc) is 2.70. The fourth-order valence-corrected chi connectivity index (χ4v) is 3.62. The van der Waals surface area contributed by atoms with Crippen LogP contribution in [0, 0.1) is 5.92 Å². The number of aromatic nitrogens is 2. The predicted molar refractivity (Wildman–Crippen MR) is 103 cm³/mol. The molecule has 7 nitrogen and oxygen atoms in total. The Hall–Kier alpha value is -1.89. The first kappa shape index (κ1) is 18.9. The van der Waals surface area contributed by atoms with Gasteiger partial charge < -0.3 is 20.0 Å². The molecule has 0 bridgehead atoms. The summed E-state index contributed by atoms with van der Waals surface area (Å²) >= 11 is 0. The third-order valence-electron chi connectivity index (χ3n) is 5.46. The second-order valence-electron chi connectivity index (χ2n) is 7.49. The third kappa shape index (κ3) is 5.56. The number of nitrogens with zero attached hydrogens (tertiary/aromatic N) is 5. The first-order valence-electron chi connectivity index (χ1n) is 9.99. The number of piperidine rings is 1. The summed E-state index contributed by atoms with van der Waals surface area (Å²) in [5.41, 5.74) is 0. The Bertz CT molecular complexity index is 538. The lowest BCUT2D eigenvalue weighted by Gasteiger charge is -2.34. The van der Waals surface area contributed by atoms with Crippen LogP contribution in [0.2, 0.25) is 0 Å². The molecular weight excluding hydrogens is 328 g/mol. The molecule has 0 unspecified atom stereocenters. The maximum atomic E-state index is 12.3. The Balaban J connectivity index is 1.26. The molecule has 2 saturated heterocycles. The molecule has 1 aromatic rings. The van der Waals surface area contributed by atoms with Gasteiger partial charge in [-0.1, -0.05) is 6.92 Å². The van der Waals surface area contributed by atoms with Crippen LogP contribution in [0.25, 0.3) is 0 Å². The number of hydrogen-bond donors (Lipinski definition) is 1. The van der Waals surface area contributed by atoms with Crippen LogP contribution in [-0.2, 0) is 0 Å². The number of carbonyl (C=O) groups excluding carboxylic acids is 1. The number of hydrogen-bond acceptors (Lipinski definition) is 5. The Morgan fingerprint density at radius 3 is 2.46 bits per heavy atom. The molecule has 0 spiro atoms. The van der Waals surface area contributed by atoms with E-state index in [1.807, 2.05) is 11.0 Å². The smallest absolute Gasteiger partial charge is 0.317 e. The van der Waals surface area contributed by atoms with Gasteiger partial charge in [0, 0.05) is 45.1 Å². The molecule has 3 heterocycles. The zero-order valence-corrected chi connectivity index (χ0v) is 15.9. The highest BCUT2D eigenvalue weighted by Crippen LogP contribution is 2.16. The van der Waals surface area contributed by atoms with E-state index in [-0.39, 0.29) is 6.03 Å². The normalized spacial score (nSPS) is 19.6. The lowest BCUT2D eigenvalue weighted by Crippen LogP contribution is -2.52. The zero-order chi connectivity index (χ0) is 18.2. The van der Waals surface area contributed by atoms with E-state index in [0.29, 0.717) is 0 Å². The van der Waals surface area contributed by atoms with Gasteiger partial charge in [0.05, 0.1) is 0 Å². The van der Waals surface area contributed by atoms with Crippen molar-refractivity contribution < 1.29 is 4.79 Å². The Kier molecular flexibility index (Phi) is 7.05. The highest BCUT2D eigenvalue weighted by atomic mass is 16.2. The highest BCUT2D eigenvalue weighted by Gasteiger charge is 2.22. The molecule has 7 heteroatoms. The predicted octanol–water partition coefficient (Wildman–Crippen LogP) is 1.82. The number of piperazine rings is 1. The molecule has 1 aromatic heterocycles. The molecule has 0 radical (unpaired) electrons. The first-order valence-corrected chi connectivity index (χ1v) is 9.99. The number of carbonyl (C=O) groups is 1. The Labute approximate surface area is 156 Å². The van der Waals surface area contributed by atoms with Crippen LogP contribution < -0.4 is 10.2 Å². The van der Waals surface area contributed by atoms with Crippen LogP contribution in [0.5, 0.6) is 0 Å². The second-order valence-corrected chi connectivity index (χ2v) is 7.49. The van der Waals surface area contributed by atoms with Crippen molar-refractivity contribution in [3.63, 3.8) is 0 Å². The van der Waals surface area contributed by atoms with Crippen LogP contribution >= 0.6 is 0 Å². The van der Waals surface area contributed by atoms with E-state index in [4.69, 9.17) is 0 Å². The lowest BCUT2D eigenvalue weighted by molar-refractivity contribution is 0.186. The summed E-state index contributed by atoms with van der Waals surface area (Å²) < 4.78 is 0. The molecule has 26 heavy (non-hydrogen) atoms. The summed E-state index contributed by atoms with van der Waals surface area (Å²) in [6, 6.07) is 1.88. The Morgan fingerprint density at radius 1 is 1.08 bits per heavy atom. The largest absolute Gasteiger partial charge is 0.338 e. The maximum absolute atomic E-state index is 12.3. The molecule has 0 saturated carbocycles. The molecule has 3 rings (SSSR count). The number of rotatable bonds is 6. The standard InChI is InChI=1S/C19H32N6O/c1-17-5-11-23(12-6-17)10-3-2-7-22-19(26)25-15-13-24(14-16-25)18-20-8-4-9-21-18/h4,8-9,17H,2-3,5-7,10-16H2,1H3,(H,22,26). The molecule has 2 aliphatic heterocycles. The van der Waals surface area contributed by atoms with E-state index < -0.39 is 0 Å². The second kappa shape index (κ2) is 9.71. The molecule has 2 amide bonds. The van der Waals surface area contributed by atoms with E-state index >= 15 is 0 Å². The molecule has 144 valence electrons. The van der Waals surface area contributed by atoms with Crippen LogP contribution in [0.3, 0.4) is 0 Å². The number of nitrogens with one attached hydrogen (secondary N) is 1. The monoisotopic (exact) mass is 360 g/mol. The van der Waals surface area contributed by atoms with Crippen LogP contribution in [0.1, 0.15) is 32.6 Å². The van der Waals surface area contributed by atoms with Crippen molar-refractivity contribution >= 4 is 12.0 Å². The molecule has 0 aromatic carbocycles. The number of amides is 2. The van der Waals surface area contributed by atoms with E-state index in [1.54, 1.807) is 12.4 Å². The van der Waals surface area contributed by atoms with Gasteiger partial charge >= 0.3 is 6.03 Å². The summed E-state index contributed by atoms with van der Waals surface area (Å²) in [6.45, 7) is 9.76. The minimum atomic E-state index is 0.0606. The maximum Gasteiger partial charge on any atom is 0.317 e. The summed E-state index contributed by atoms with van der Waals surface area (Å²) in [5, 5.41) is 3.07. The van der Waals surface area contributed by atoms with Crippen molar-refractivity contribution in [1.29, 1.82) is 0 Å². The summed E-state index contributed by atoms with van der Waals surface area (Å²) in [5.74, 6) is 1.64. The quantitative estimate of drug-likeness (QED) is 0.784. The fourth-order valence-electron chi connectivity index (χ4n) is 3.62. The van der Waals surface area contributed by atoms with Gasteiger partial charge in [-0.15, -0.1) is 0 Å². The van der Waals surface area contributed by atoms with E-state index in [0.717, 1.165) is 57.4 Å². The topological polar surface area (TPSA) is 64.6 Å². The minimum absolute atomic E-state index is 0.0606. The van der Waals surface area contributed by atoms with Crippen molar-refractivity contribution in [2.75, 3.05) is 57.3 Å². The number of anilines is 1. The number of urea groups is 1. The minimum Gasteiger partial charge on any atom is -0.338 e. The lowest BCUT2D eigenvalue weighted by atomic mass is 9.99. The van der Waals surface area contributed by atoms with Gasteiger partial charge in [-0.05, 0) is 57.3 Å². The molecule has 0 atom stereocenters. The van der Waals surface area contributed by atoms with Gasteiger partial charge in [0.15, 0.2) is 0 Å². The highest BCUT2D eigenvalue weighted by molar-refractivity contribution is 5.74. The van der Waals surface area contributed by atoms with Gasteiger partial charge in [0.25, 0.3) is 0 Å². The number of unbranched alkanes of at least 4 members (excludes halogenated alkanes) is 1.